The van der Waals surface area contributed by atoms with Crippen LogP contribution in [0.15, 0.2) is 54.6 Å². The topological polar surface area (TPSA) is 124 Å². The quantitative estimate of drug-likeness (QED) is 0.180. The second-order valence-corrected chi connectivity index (χ2v) is 11.1. The lowest BCUT2D eigenvalue weighted by molar-refractivity contribution is -0.160. The molecule has 1 atom stereocenters. The zero-order chi connectivity index (χ0) is 26.2. The van der Waals surface area contributed by atoms with Crippen LogP contribution in [0.3, 0.4) is 0 Å². The number of benzene rings is 1. The standard InChI is InChI=1S/C22H24F3N3O6S/c1-20(2)18(30)27(19(31)26-20)12-17(28(32)14-29)13-35(33,34)21(22(23,24)25)10-8-16(9-11-21)15-6-4-3-5-7-15/h3-11,14,16-17,32H,12-13H2,1-2H3,(H,26,31)/t16?,17-,21?/m0/s1. The number of hydroxylamine groups is 2. The molecule has 190 valence electrons. The van der Waals surface area contributed by atoms with Crippen molar-refractivity contribution >= 4 is 28.2 Å². The number of carbonyl (C=O) groups is 3. The van der Waals surface area contributed by atoms with Gasteiger partial charge in [0.15, 0.2) is 9.84 Å². The van der Waals surface area contributed by atoms with Crippen molar-refractivity contribution in [3.63, 3.8) is 0 Å². The molecule has 0 spiro atoms. The largest absolute Gasteiger partial charge is 0.415 e. The molecule has 2 aliphatic rings. The van der Waals surface area contributed by atoms with Gasteiger partial charge in [0.25, 0.3) is 5.91 Å². The molecule has 1 fully saturated rings. The Balaban J connectivity index is 1.94. The minimum absolute atomic E-state index is 0.156. The Morgan fingerprint density at radius 1 is 1.17 bits per heavy atom. The Labute approximate surface area is 199 Å². The molecule has 0 aromatic heterocycles. The Kier molecular flexibility index (Phi) is 6.88. The Bertz CT molecular complexity index is 1150. The lowest BCUT2D eigenvalue weighted by Crippen LogP contribution is -2.55. The first-order chi connectivity index (χ1) is 16.1. The first-order valence-electron chi connectivity index (χ1n) is 10.4. The van der Waals surface area contributed by atoms with Crippen LogP contribution in [0.1, 0.15) is 25.3 Å². The normalized spacial score (nSPS) is 24.9. The van der Waals surface area contributed by atoms with Crippen LogP contribution in [0.4, 0.5) is 18.0 Å². The average Bonchev–Trinajstić information content (AvgIpc) is 2.99. The van der Waals surface area contributed by atoms with E-state index in [1.165, 1.54) is 13.8 Å². The molecule has 1 heterocycles. The molecular formula is C22H24F3N3O6S. The predicted octanol–water partition coefficient (Wildman–Crippen LogP) is 2.16. The molecule has 1 aliphatic carbocycles. The molecule has 13 heteroatoms. The third kappa shape index (κ3) is 4.82. The van der Waals surface area contributed by atoms with Crippen molar-refractivity contribution in [2.24, 2.45) is 0 Å². The minimum Gasteiger partial charge on any atom is -0.324 e. The van der Waals surface area contributed by atoms with E-state index in [4.69, 9.17) is 0 Å². The molecular weight excluding hydrogens is 491 g/mol. The van der Waals surface area contributed by atoms with Gasteiger partial charge in [-0.15, -0.1) is 0 Å². The second-order valence-electron chi connectivity index (χ2n) is 8.84. The number of carbonyl (C=O) groups excluding carboxylic acids is 3. The molecule has 1 saturated heterocycles. The highest BCUT2D eigenvalue weighted by molar-refractivity contribution is 7.93. The number of alkyl halides is 3. The molecule has 0 bridgehead atoms. The number of nitrogens with one attached hydrogen (secondary N) is 1. The first kappa shape index (κ1) is 26.4. The van der Waals surface area contributed by atoms with Gasteiger partial charge in [0.05, 0.1) is 18.3 Å². The van der Waals surface area contributed by atoms with Gasteiger partial charge in [0, 0.05) is 5.92 Å². The van der Waals surface area contributed by atoms with Gasteiger partial charge in [-0.1, -0.05) is 54.6 Å². The number of allylic oxidation sites excluding steroid dienone is 2. The number of amides is 4. The number of nitrogens with zero attached hydrogens (tertiary/aromatic N) is 2. The van der Waals surface area contributed by atoms with Gasteiger partial charge in [-0.05, 0) is 19.4 Å². The SMILES string of the molecule is CC1(C)NC(=O)N(C[C@@H](CS(=O)(=O)C2(C(F)(F)F)C=CC(c3ccccc3)C=C2)N(O)C=O)C1=O. The highest BCUT2D eigenvalue weighted by atomic mass is 32.2. The number of hydrogen-bond donors (Lipinski definition) is 2. The van der Waals surface area contributed by atoms with Crippen LogP contribution in [0, 0.1) is 0 Å². The van der Waals surface area contributed by atoms with Crippen LogP contribution in [-0.2, 0) is 19.4 Å². The molecule has 0 saturated carbocycles. The Hall–Kier alpha value is -3.19. The molecule has 0 radical (unpaired) electrons. The van der Waals surface area contributed by atoms with Crippen LogP contribution in [0.5, 0.6) is 0 Å². The maximum atomic E-state index is 14.2. The lowest BCUT2D eigenvalue weighted by Gasteiger charge is -2.35. The maximum Gasteiger partial charge on any atom is 0.415 e. The molecule has 1 aromatic carbocycles. The fraction of sp³-hybridized carbons (Fsp3) is 0.409. The van der Waals surface area contributed by atoms with Crippen LogP contribution >= 0.6 is 0 Å². The van der Waals surface area contributed by atoms with Gasteiger partial charge in [0.1, 0.15) is 5.54 Å². The molecule has 2 N–H and O–H groups in total. The molecule has 4 amide bonds. The van der Waals surface area contributed by atoms with E-state index in [9.17, 15) is 41.2 Å². The van der Waals surface area contributed by atoms with Crippen LogP contribution in [0.2, 0.25) is 0 Å². The zero-order valence-electron chi connectivity index (χ0n) is 18.8. The molecule has 35 heavy (non-hydrogen) atoms. The fourth-order valence-electron chi connectivity index (χ4n) is 3.97. The number of urea groups is 1. The smallest absolute Gasteiger partial charge is 0.324 e. The van der Waals surface area contributed by atoms with Crippen LogP contribution in [-0.4, -0.2) is 76.7 Å². The number of rotatable bonds is 8. The van der Waals surface area contributed by atoms with E-state index in [-0.39, 0.29) is 11.5 Å². The van der Waals surface area contributed by atoms with Gasteiger partial charge in [-0.3, -0.25) is 19.7 Å². The van der Waals surface area contributed by atoms with E-state index in [1.807, 2.05) is 0 Å². The number of hydrogen-bond acceptors (Lipinski definition) is 6. The van der Waals surface area contributed by atoms with Gasteiger partial charge in [-0.2, -0.15) is 13.2 Å². The first-order valence-corrected chi connectivity index (χ1v) is 12.1. The van der Waals surface area contributed by atoms with E-state index in [0.717, 1.165) is 12.2 Å². The van der Waals surface area contributed by atoms with Gasteiger partial charge in [-0.25, -0.2) is 18.3 Å². The van der Waals surface area contributed by atoms with Gasteiger partial charge < -0.3 is 5.32 Å². The highest BCUT2D eigenvalue weighted by Crippen LogP contribution is 2.44. The number of halogens is 3. The Morgan fingerprint density at radius 3 is 2.20 bits per heavy atom. The summed E-state index contributed by atoms with van der Waals surface area (Å²) in [5.41, 5.74) is -0.703. The predicted molar refractivity (Wildman–Crippen MR) is 118 cm³/mol. The fourth-order valence-corrected chi connectivity index (χ4v) is 5.93. The van der Waals surface area contributed by atoms with Gasteiger partial charge in [0.2, 0.25) is 11.2 Å². The van der Waals surface area contributed by atoms with Crippen molar-refractivity contribution in [3.05, 3.63) is 60.2 Å². The summed E-state index contributed by atoms with van der Waals surface area (Å²) in [4.78, 5) is 36.3. The lowest BCUT2D eigenvalue weighted by atomic mass is 9.90. The third-order valence-electron chi connectivity index (χ3n) is 5.98. The van der Waals surface area contributed by atoms with Crippen LogP contribution in [0.25, 0.3) is 0 Å². The highest BCUT2D eigenvalue weighted by Gasteiger charge is 2.61. The van der Waals surface area contributed by atoms with Crippen molar-refractivity contribution in [2.75, 3.05) is 12.3 Å². The summed E-state index contributed by atoms with van der Waals surface area (Å²) in [6.45, 7) is 1.90. The third-order valence-corrected chi connectivity index (χ3v) is 8.33. The second kappa shape index (κ2) is 9.11. The molecule has 0 unspecified atom stereocenters. The summed E-state index contributed by atoms with van der Waals surface area (Å²) in [5, 5.41) is 12.1. The summed E-state index contributed by atoms with van der Waals surface area (Å²) < 4.78 is 65.7. The molecule has 9 nitrogen and oxygen atoms in total. The van der Waals surface area contributed by atoms with E-state index in [0.29, 0.717) is 22.6 Å². The summed E-state index contributed by atoms with van der Waals surface area (Å²) in [6.07, 6.45) is -2.18. The van der Waals surface area contributed by atoms with E-state index in [2.05, 4.69) is 5.32 Å². The number of sulfone groups is 1. The van der Waals surface area contributed by atoms with E-state index >= 15 is 0 Å². The summed E-state index contributed by atoms with van der Waals surface area (Å²) in [6, 6.07) is 5.68. The Morgan fingerprint density at radius 2 is 1.74 bits per heavy atom. The van der Waals surface area contributed by atoms with Crippen molar-refractivity contribution in [2.45, 2.75) is 42.3 Å². The maximum absolute atomic E-state index is 14.2. The number of imide groups is 1. The summed E-state index contributed by atoms with van der Waals surface area (Å²) in [7, 11) is -5.20. The van der Waals surface area contributed by atoms with Gasteiger partial charge >= 0.3 is 12.2 Å². The van der Waals surface area contributed by atoms with Crippen molar-refractivity contribution < 1.29 is 41.2 Å². The molecule has 1 aliphatic heterocycles. The average molecular weight is 516 g/mol. The summed E-state index contributed by atoms with van der Waals surface area (Å²) in [5.74, 6) is -2.78. The molecule has 3 rings (SSSR count). The van der Waals surface area contributed by atoms with Crippen molar-refractivity contribution in [1.29, 1.82) is 0 Å². The minimum atomic E-state index is -5.28. The zero-order valence-corrected chi connectivity index (χ0v) is 19.6. The monoisotopic (exact) mass is 515 g/mol. The van der Waals surface area contributed by atoms with E-state index in [1.54, 1.807) is 30.3 Å². The van der Waals surface area contributed by atoms with E-state index < -0.39 is 62.5 Å². The van der Waals surface area contributed by atoms with Crippen LogP contribution < -0.4 is 5.32 Å². The van der Waals surface area contributed by atoms with Crippen molar-refractivity contribution in [3.8, 4) is 0 Å². The molecule has 1 aromatic rings. The van der Waals surface area contributed by atoms with Crippen molar-refractivity contribution in [1.82, 2.24) is 15.3 Å². The summed E-state index contributed by atoms with van der Waals surface area (Å²) >= 11 is 0.